The zero-order chi connectivity index (χ0) is 14.3. The van der Waals surface area contributed by atoms with Crippen LogP contribution in [0.5, 0.6) is 0 Å². The number of ether oxygens (including phenoxy) is 1. The molecular weight excluding hydrogens is 236 g/mol. The minimum atomic E-state index is 0.0671. The average Bonchev–Trinajstić information content (AvgIpc) is 3.11. The first-order valence-electron chi connectivity index (χ1n) is 7.77. The summed E-state index contributed by atoms with van der Waals surface area (Å²) in [5, 5.41) is 9.19. The first-order valence-corrected chi connectivity index (χ1v) is 7.77. The van der Waals surface area contributed by atoms with Gasteiger partial charge in [0.2, 0.25) is 0 Å². The molecule has 1 aliphatic rings. The highest BCUT2D eigenvalue weighted by Crippen LogP contribution is 2.54. The minimum absolute atomic E-state index is 0.0671. The van der Waals surface area contributed by atoms with Gasteiger partial charge in [-0.1, -0.05) is 20.3 Å². The second-order valence-electron chi connectivity index (χ2n) is 6.10. The molecular formula is C17H30O2. The minimum Gasteiger partial charge on any atom is -0.396 e. The predicted octanol–water partition coefficient (Wildman–Crippen LogP) is 3.49. The lowest BCUT2D eigenvalue weighted by molar-refractivity contribution is -0.00755. The Hall–Kier alpha value is -0.520. The molecule has 2 nitrogen and oxygen atoms in total. The highest BCUT2D eigenvalue weighted by atomic mass is 16.5. The highest BCUT2D eigenvalue weighted by molar-refractivity contribution is 5.03. The molecule has 1 rings (SSSR count). The van der Waals surface area contributed by atoms with E-state index in [2.05, 4.69) is 19.8 Å². The van der Waals surface area contributed by atoms with E-state index in [1.165, 1.54) is 6.42 Å². The Bertz CT molecular complexity index is 284. The van der Waals surface area contributed by atoms with Gasteiger partial charge < -0.3 is 9.84 Å². The highest BCUT2D eigenvalue weighted by Gasteiger charge is 2.48. The van der Waals surface area contributed by atoms with E-state index >= 15 is 0 Å². The third-order valence-corrected chi connectivity index (χ3v) is 4.80. The monoisotopic (exact) mass is 266 g/mol. The number of rotatable bonds is 10. The van der Waals surface area contributed by atoms with Crippen LogP contribution in [-0.2, 0) is 4.74 Å². The third kappa shape index (κ3) is 4.23. The van der Waals surface area contributed by atoms with Crippen LogP contribution >= 0.6 is 0 Å². The van der Waals surface area contributed by atoms with Crippen molar-refractivity contribution < 1.29 is 9.84 Å². The molecule has 2 heteroatoms. The maximum atomic E-state index is 9.19. The lowest BCUT2D eigenvalue weighted by Gasteiger charge is -2.40. The predicted molar refractivity (Wildman–Crippen MR) is 79.7 cm³/mol. The van der Waals surface area contributed by atoms with Crippen molar-refractivity contribution in [3.63, 3.8) is 0 Å². The molecule has 0 aromatic carbocycles. The number of aliphatic hydroxyl groups is 1. The Labute approximate surface area is 118 Å². The summed E-state index contributed by atoms with van der Waals surface area (Å²) in [4.78, 5) is 0. The molecule has 0 aromatic rings. The molecule has 4 unspecified atom stereocenters. The molecule has 0 heterocycles. The van der Waals surface area contributed by atoms with E-state index in [1.54, 1.807) is 0 Å². The standard InChI is InChI=1S/C17H30O2/c1-5-9-17(10-8-11-18,13-19-7-3)16(6-2)15-12-14(15)4/h1,14-16,18H,6-13H2,2-4H3. The fourth-order valence-electron chi connectivity index (χ4n) is 3.68. The van der Waals surface area contributed by atoms with E-state index in [1.807, 2.05) is 6.92 Å². The quantitative estimate of drug-likeness (QED) is 0.613. The van der Waals surface area contributed by atoms with E-state index in [-0.39, 0.29) is 12.0 Å². The van der Waals surface area contributed by atoms with Crippen LogP contribution in [-0.4, -0.2) is 24.9 Å². The molecule has 0 spiro atoms. The van der Waals surface area contributed by atoms with Crippen LogP contribution in [0.15, 0.2) is 0 Å². The van der Waals surface area contributed by atoms with Gasteiger partial charge in [-0.15, -0.1) is 12.3 Å². The maximum Gasteiger partial charge on any atom is 0.0534 e. The number of hydrogen-bond acceptors (Lipinski definition) is 2. The molecule has 4 atom stereocenters. The van der Waals surface area contributed by atoms with Crippen molar-refractivity contribution in [2.45, 2.75) is 52.9 Å². The summed E-state index contributed by atoms with van der Waals surface area (Å²) in [6, 6.07) is 0. The van der Waals surface area contributed by atoms with Gasteiger partial charge in [0.05, 0.1) is 6.61 Å². The summed E-state index contributed by atoms with van der Waals surface area (Å²) in [5.41, 5.74) is 0.0671. The first-order chi connectivity index (χ1) is 9.15. The van der Waals surface area contributed by atoms with Crippen molar-refractivity contribution in [2.24, 2.45) is 23.2 Å². The van der Waals surface area contributed by atoms with Gasteiger partial charge in [-0.25, -0.2) is 0 Å². The lowest BCUT2D eigenvalue weighted by atomic mass is 9.67. The summed E-state index contributed by atoms with van der Waals surface area (Å²) in [6.07, 6.45) is 10.7. The van der Waals surface area contributed by atoms with Crippen molar-refractivity contribution in [1.29, 1.82) is 0 Å². The molecule has 1 saturated carbocycles. The van der Waals surface area contributed by atoms with Crippen LogP contribution in [0, 0.1) is 35.5 Å². The molecule has 0 aromatic heterocycles. The van der Waals surface area contributed by atoms with Crippen molar-refractivity contribution in [3.05, 3.63) is 0 Å². The van der Waals surface area contributed by atoms with Gasteiger partial charge >= 0.3 is 0 Å². The fraction of sp³-hybridized carbons (Fsp3) is 0.882. The van der Waals surface area contributed by atoms with E-state index in [9.17, 15) is 5.11 Å². The summed E-state index contributed by atoms with van der Waals surface area (Å²) >= 11 is 0. The summed E-state index contributed by atoms with van der Waals surface area (Å²) in [7, 11) is 0. The van der Waals surface area contributed by atoms with Crippen LogP contribution in [0.1, 0.15) is 52.9 Å². The van der Waals surface area contributed by atoms with Crippen LogP contribution in [0.4, 0.5) is 0 Å². The van der Waals surface area contributed by atoms with E-state index in [0.29, 0.717) is 5.92 Å². The normalized spacial score (nSPS) is 26.5. The smallest absolute Gasteiger partial charge is 0.0534 e. The molecule has 110 valence electrons. The van der Waals surface area contributed by atoms with E-state index in [0.717, 1.165) is 50.7 Å². The van der Waals surface area contributed by atoms with Gasteiger partial charge in [-0.05, 0) is 43.9 Å². The SMILES string of the molecule is C#CCC(CCCO)(COCC)C(CC)C1CC1C. The molecule has 1 N–H and O–H groups in total. The molecule has 1 fully saturated rings. The summed E-state index contributed by atoms with van der Waals surface area (Å²) < 4.78 is 5.77. The Morgan fingerprint density at radius 3 is 2.58 bits per heavy atom. The molecule has 0 saturated heterocycles. The number of hydrogen-bond donors (Lipinski definition) is 1. The molecule has 0 bridgehead atoms. The van der Waals surface area contributed by atoms with Gasteiger partial charge in [-0.2, -0.15) is 0 Å². The molecule has 0 aliphatic heterocycles. The Kier molecular flexibility index (Phi) is 6.89. The number of aliphatic hydroxyl groups excluding tert-OH is 1. The van der Waals surface area contributed by atoms with Gasteiger partial charge in [0, 0.05) is 25.0 Å². The van der Waals surface area contributed by atoms with Crippen LogP contribution in [0.3, 0.4) is 0 Å². The zero-order valence-electron chi connectivity index (χ0n) is 12.8. The summed E-state index contributed by atoms with van der Waals surface area (Å²) in [6.45, 7) is 8.37. The maximum absolute atomic E-state index is 9.19. The largest absolute Gasteiger partial charge is 0.396 e. The molecule has 19 heavy (non-hydrogen) atoms. The average molecular weight is 266 g/mol. The van der Waals surface area contributed by atoms with Gasteiger partial charge in [0.15, 0.2) is 0 Å². The van der Waals surface area contributed by atoms with E-state index in [4.69, 9.17) is 11.2 Å². The molecule has 0 radical (unpaired) electrons. The van der Waals surface area contributed by atoms with Gasteiger partial charge in [-0.3, -0.25) is 0 Å². The van der Waals surface area contributed by atoms with Crippen LogP contribution in [0.2, 0.25) is 0 Å². The Balaban J connectivity index is 2.86. The second-order valence-corrected chi connectivity index (χ2v) is 6.10. The van der Waals surface area contributed by atoms with Gasteiger partial charge in [0.1, 0.15) is 0 Å². The molecule has 1 aliphatic carbocycles. The summed E-state index contributed by atoms with van der Waals surface area (Å²) in [5.74, 6) is 5.15. The second kappa shape index (κ2) is 7.92. The van der Waals surface area contributed by atoms with Crippen molar-refractivity contribution in [2.75, 3.05) is 19.8 Å². The zero-order valence-corrected chi connectivity index (χ0v) is 12.8. The van der Waals surface area contributed by atoms with Crippen LogP contribution in [0.25, 0.3) is 0 Å². The van der Waals surface area contributed by atoms with Crippen molar-refractivity contribution in [1.82, 2.24) is 0 Å². The third-order valence-electron chi connectivity index (χ3n) is 4.80. The van der Waals surface area contributed by atoms with Gasteiger partial charge in [0.25, 0.3) is 0 Å². The Morgan fingerprint density at radius 1 is 1.47 bits per heavy atom. The Morgan fingerprint density at radius 2 is 2.16 bits per heavy atom. The van der Waals surface area contributed by atoms with Crippen LogP contribution < -0.4 is 0 Å². The molecule has 0 amide bonds. The first kappa shape index (κ1) is 16.5. The van der Waals surface area contributed by atoms with Crippen molar-refractivity contribution in [3.8, 4) is 12.3 Å². The topological polar surface area (TPSA) is 29.5 Å². The fourth-order valence-corrected chi connectivity index (χ4v) is 3.68. The number of terminal acetylenes is 1. The lowest BCUT2D eigenvalue weighted by Crippen LogP contribution is -2.37. The van der Waals surface area contributed by atoms with Crippen molar-refractivity contribution >= 4 is 0 Å². The van der Waals surface area contributed by atoms with E-state index < -0.39 is 0 Å².